The minimum atomic E-state index is 0.689. The molecule has 0 spiro atoms. The van der Waals surface area contributed by atoms with Crippen molar-refractivity contribution >= 4 is 11.4 Å². The van der Waals surface area contributed by atoms with E-state index in [4.69, 9.17) is 10.5 Å². The molecule has 0 amide bonds. The Morgan fingerprint density at radius 2 is 1.71 bits per heavy atom. The monoisotopic (exact) mass is 377 g/mol. The fourth-order valence-corrected chi connectivity index (χ4v) is 3.01. The van der Waals surface area contributed by atoms with E-state index in [1.165, 1.54) is 0 Å². The van der Waals surface area contributed by atoms with Crippen molar-refractivity contribution in [3.63, 3.8) is 0 Å². The Bertz CT molecular complexity index is 842. The zero-order valence-electron chi connectivity index (χ0n) is 16.2. The number of nitrogens with one attached hydrogen (secondary N) is 1. The van der Waals surface area contributed by atoms with Gasteiger partial charge >= 0.3 is 0 Å². The number of ether oxygens (including phenoxy) is 1. The van der Waals surface area contributed by atoms with Crippen molar-refractivity contribution in [1.82, 2.24) is 14.9 Å². The molecular weight excluding hydrogens is 350 g/mol. The van der Waals surface area contributed by atoms with Gasteiger partial charge in [-0.15, -0.1) is 0 Å². The number of nitrogen functional groups attached to an aromatic ring is 1. The zero-order chi connectivity index (χ0) is 19.6. The Balaban J connectivity index is 1.59. The minimum absolute atomic E-state index is 0.689. The highest BCUT2D eigenvalue weighted by atomic mass is 16.5. The summed E-state index contributed by atoms with van der Waals surface area (Å²) in [5.74, 6) is 0.754. The Hall–Kier alpha value is -3.12. The van der Waals surface area contributed by atoms with Crippen LogP contribution in [-0.2, 0) is 13.0 Å². The van der Waals surface area contributed by atoms with Crippen molar-refractivity contribution in [2.75, 3.05) is 37.8 Å². The van der Waals surface area contributed by atoms with E-state index in [1.807, 2.05) is 54.9 Å². The maximum Gasteiger partial charge on any atom is 0.143 e. The number of hydrogen-bond donors (Lipinski definition) is 2. The molecule has 0 saturated heterocycles. The van der Waals surface area contributed by atoms with E-state index >= 15 is 0 Å². The molecule has 0 atom stereocenters. The molecule has 3 rings (SSSR count). The molecule has 0 saturated carbocycles. The third-order valence-electron chi connectivity index (χ3n) is 4.49. The summed E-state index contributed by atoms with van der Waals surface area (Å²) in [6.07, 6.45) is 4.58. The van der Waals surface area contributed by atoms with Gasteiger partial charge in [0.15, 0.2) is 0 Å². The predicted octanol–water partition coefficient (Wildman–Crippen LogP) is 3.22. The number of rotatable bonds is 10. The molecule has 3 N–H and O–H groups in total. The number of nitrogens with zero attached hydrogens (tertiary/aromatic N) is 3. The number of hydrogen-bond acceptors (Lipinski definition) is 6. The first kappa shape index (κ1) is 19.6. The van der Waals surface area contributed by atoms with E-state index in [0.29, 0.717) is 5.69 Å². The molecule has 0 aliphatic rings. The molecular formula is C22H27N5O. The van der Waals surface area contributed by atoms with Gasteiger partial charge in [0.1, 0.15) is 5.75 Å². The number of benzene rings is 1. The molecule has 0 fully saturated rings. The van der Waals surface area contributed by atoms with Crippen LogP contribution in [0.3, 0.4) is 0 Å². The maximum atomic E-state index is 5.83. The third-order valence-corrected chi connectivity index (χ3v) is 4.49. The molecule has 2 heterocycles. The Morgan fingerprint density at radius 3 is 2.39 bits per heavy atom. The summed E-state index contributed by atoms with van der Waals surface area (Å²) in [7, 11) is 1.65. The largest absolute Gasteiger partial charge is 0.495 e. The van der Waals surface area contributed by atoms with E-state index in [1.54, 1.807) is 7.11 Å². The second kappa shape index (κ2) is 10.3. The summed E-state index contributed by atoms with van der Waals surface area (Å²) >= 11 is 0. The molecule has 0 aliphatic carbocycles. The number of nitrogens with two attached hydrogens (primary N) is 1. The topological polar surface area (TPSA) is 76.3 Å². The lowest BCUT2D eigenvalue weighted by Crippen LogP contribution is -2.31. The first-order chi connectivity index (χ1) is 13.7. The molecule has 0 aliphatic heterocycles. The van der Waals surface area contributed by atoms with Gasteiger partial charge in [-0.25, -0.2) is 0 Å². The van der Waals surface area contributed by atoms with Gasteiger partial charge in [0.2, 0.25) is 0 Å². The third kappa shape index (κ3) is 5.96. The molecule has 6 heteroatoms. The Labute approximate surface area is 166 Å². The van der Waals surface area contributed by atoms with Crippen LogP contribution in [0.5, 0.6) is 5.75 Å². The highest BCUT2D eigenvalue weighted by Gasteiger charge is 2.09. The molecule has 0 bridgehead atoms. The lowest BCUT2D eigenvalue weighted by molar-refractivity contribution is 0.275. The van der Waals surface area contributed by atoms with Crippen molar-refractivity contribution < 1.29 is 4.74 Å². The van der Waals surface area contributed by atoms with Crippen LogP contribution in [0.2, 0.25) is 0 Å². The van der Waals surface area contributed by atoms with E-state index in [9.17, 15) is 0 Å². The summed E-state index contributed by atoms with van der Waals surface area (Å²) < 4.78 is 5.41. The first-order valence-electron chi connectivity index (χ1n) is 9.44. The van der Waals surface area contributed by atoms with Crippen molar-refractivity contribution in [2.24, 2.45) is 0 Å². The molecule has 2 aromatic heterocycles. The fourth-order valence-electron chi connectivity index (χ4n) is 3.01. The second-order valence-corrected chi connectivity index (χ2v) is 6.55. The zero-order valence-corrected chi connectivity index (χ0v) is 16.2. The second-order valence-electron chi connectivity index (χ2n) is 6.55. The van der Waals surface area contributed by atoms with Crippen LogP contribution in [0.15, 0.2) is 67.0 Å². The van der Waals surface area contributed by atoms with Gasteiger partial charge in [-0.3, -0.25) is 14.9 Å². The summed E-state index contributed by atoms with van der Waals surface area (Å²) in [6.45, 7) is 3.37. The first-order valence-corrected chi connectivity index (χ1v) is 9.44. The fraction of sp³-hybridized carbons (Fsp3) is 0.273. The summed E-state index contributed by atoms with van der Waals surface area (Å²) in [5, 5.41) is 3.45. The van der Waals surface area contributed by atoms with Crippen LogP contribution in [-0.4, -0.2) is 41.6 Å². The number of methoxy groups -OCH3 is 1. The van der Waals surface area contributed by atoms with Crippen LogP contribution in [0.4, 0.5) is 11.4 Å². The maximum absolute atomic E-state index is 5.83. The van der Waals surface area contributed by atoms with E-state index in [-0.39, 0.29) is 0 Å². The average Bonchev–Trinajstić information content (AvgIpc) is 2.74. The van der Waals surface area contributed by atoms with Crippen LogP contribution >= 0.6 is 0 Å². The van der Waals surface area contributed by atoms with Crippen LogP contribution < -0.4 is 15.8 Å². The summed E-state index contributed by atoms with van der Waals surface area (Å²) in [4.78, 5) is 11.3. The standard InChI is InChI=1S/C22H27N5O/c1-28-22-16-18(23)8-9-21(22)26-13-15-27(17-20-7-3-5-12-25-20)14-10-19-6-2-4-11-24-19/h2-9,11-12,16,26H,10,13-15,17,23H2,1H3. The molecule has 3 aromatic rings. The smallest absolute Gasteiger partial charge is 0.143 e. The highest BCUT2D eigenvalue weighted by Crippen LogP contribution is 2.26. The van der Waals surface area contributed by atoms with Crippen molar-refractivity contribution in [1.29, 1.82) is 0 Å². The van der Waals surface area contributed by atoms with Gasteiger partial charge in [-0.05, 0) is 36.4 Å². The Kier molecular flexibility index (Phi) is 7.21. The van der Waals surface area contributed by atoms with Crippen LogP contribution in [0.1, 0.15) is 11.4 Å². The SMILES string of the molecule is COc1cc(N)ccc1NCCN(CCc1ccccn1)Cc1ccccn1. The van der Waals surface area contributed by atoms with Gasteiger partial charge in [0.05, 0.1) is 18.5 Å². The predicted molar refractivity (Wildman–Crippen MR) is 113 cm³/mol. The molecule has 0 radical (unpaired) electrons. The van der Waals surface area contributed by atoms with Gasteiger partial charge in [0.25, 0.3) is 0 Å². The van der Waals surface area contributed by atoms with E-state index in [2.05, 4.69) is 32.3 Å². The van der Waals surface area contributed by atoms with Crippen molar-refractivity contribution in [3.8, 4) is 5.75 Å². The van der Waals surface area contributed by atoms with E-state index < -0.39 is 0 Å². The molecule has 0 unspecified atom stereocenters. The molecule has 1 aromatic carbocycles. The lowest BCUT2D eigenvalue weighted by Gasteiger charge is -2.22. The Morgan fingerprint density at radius 1 is 0.964 bits per heavy atom. The summed E-state index contributed by atoms with van der Waals surface area (Å²) in [5.41, 5.74) is 9.63. The quantitative estimate of drug-likeness (QED) is 0.528. The summed E-state index contributed by atoms with van der Waals surface area (Å²) in [6, 6.07) is 17.7. The lowest BCUT2D eigenvalue weighted by atomic mass is 10.2. The highest BCUT2D eigenvalue weighted by molar-refractivity contribution is 5.62. The van der Waals surface area contributed by atoms with E-state index in [0.717, 1.165) is 55.4 Å². The average molecular weight is 377 g/mol. The normalized spacial score (nSPS) is 10.8. The van der Waals surface area contributed by atoms with Gasteiger partial charge in [0, 0.05) is 62.4 Å². The number of aromatic nitrogens is 2. The molecule has 6 nitrogen and oxygen atoms in total. The van der Waals surface area contributed by atoms with Crippen molar-refractivity contribution in [3.05, 3.63) is 78.4 Å². The molecule has 146 valence electrons. The number of anilines is 2. The van der Waals surface area contributed by atoms with Gasteiger partial charge in [-0.2, -0.15) is 0 Å². The molecule has 28 heavy (non-hydrogen) atoms. The van der Waals surface area contributed by atoms with Crippen LogP contribution in [0.25, 0.3) is 0 Å². The number of pyridine rings is 2. The van der Waals surface area contributed by atoms with Gasteiger partial charge < -0.3 is 15.8 Å². The van der Waals surface area contributed by atoms with Crippen LogP contribution in [0, 0.1) is 0 Å². The van der Waals surface area contributed by atoms with Crippen molar-refractivity contribution in [2.45, 2.75) is 13.0 Å². The van der Waals surface area contributed by atoms with Gasteiger partial charge in [-0.1, -0.05) is 12.1 Å². The minimum Gasteiger partial charge on any atom is -0.495 e.